The molecule has 0 spiro atoms. The molecule has 1 aliphatic heterocycles. The predicted octanol–water partition coefficient (Wildman–Crippen LogP) is 6.77. The summed E-state index contributed by atoms with van der Waals surface area (Å²) >= 11 is 3.56. The molecule has 0 unspecified atom stereocenters. The molecule has 5 nitrogen and oxygen atoms in total. The van der Waals surface area contributed by atoms with Gasteiger partial charge < -0.3 is 14.2 Å². The maximum absolute atomic E-state index is 13.3. The fourth-order valence-corrected chi connectivity index (χ4v) is 6.05. The molecule has 37 heavy (non-hydrogen) atoms. The van der Waals surface area contributed by atoms with Gasteiger partial charge in [0, 0.05) is 16.8 Å². The van der Waals surface area contributed by atoms with E-state index in [-0.39, 0.29) is 24.4 Å². The smallest absolute Gasteiger partial charge is 0.334 e. The lowest BCUT2D eigenvalue weighted by molar-refractivity contribution is -0.147. The van der Waals surface area contributed by atoms with Crippen molar-refractivity contribution in [3.05, 3.63) is 106 Å². The molecule has 1 saturated carbocycles. The van der Waals surface area contributed by atoms with Gasteiger partial charge in [-0.1, -0.05) is 82.7 Å². The van der Waals surface area contributed by atoms with E-state index in [0.29, 0.717) is 18.8 Å². The van der Waals surface area contributed by atoms with Crippen LogP contribution in [0.25, 0.3) is 11.1 Å². The summed E-state index contributed by atoms with van der Waals surface area (Å²) < 4.78 is 18.1. The lowest BCUT2D eigenvalue weighted by atomic mass is 9.84. The summed E-state index contributed by atoms with van der Waals surface area (Å²) in [6, 6.07) is 26.5. The van der Waals surface area contributed by atoms with Crippen molar-refractivity contribution in [1.82, 2.24) is 0 Å². The highest BCUT2D eigenvalue weighted by atomic mass is 79.9. The van der Waals surface area contributed by atoms with Crippen molar-refractivity contribution in [2.75, 3.05) is 13.2 Å². The second-order valence-corrected chi connectivity index (χ2v) is 10.2. The lowest BCUT2D eigenvalue weighted by Crippen LogP contribution is -2.26. The van der Waals surface area contributed by atoms with E-state index < -0.39 is 17.5 Å². The number of rotatable bonds is 7. The number of hydrogen-bond acceptors (Lipinski definition) is 5. The van der Waals surface area contributed by atoms with Crippen LogP contribution in [0.3, 0.4) is 0 Å². The number of carbonyl (C=O) groups excluding carboxylic acids is 2. The molecule has 190 valence electrons. The topological polar surface area (TPSA) is 61.8 Å². The summed E-state index contributed by atoms with van der Waals surface area (Å²) in [6.45, 7) is 4.14. The van der Waals surface area contributed by atoms with Gasteiger partial charge >= 0.3 is 11.9 Å². The standard InChI is InChI=1S/C31H29BrO5/c1-3-35-27(33)19-25-18-26(22-15-13-21(14-16-22)20-9-6-5-7-10-20)28-29(30(34)36-4-2)31(28,37-25)23-11-8-12-24(32)17-23/h5-17,19,26,28-29H,3-4,18H2,1-2H3/b25-19+/t26-,28+,29+,31+/m1/s1. The molecule has 2 aliphatic rings. The number of esters is 2. The van der Waals surface area contributed by atoms with Gasteiger partial charge in [-0.25, -0.2) is 4.79 Å². The van der Waals surface area contributed by atoms with Crippen molar-refractivity contribution < 1.29 is 23.8 Å². The number of hydrogen-bond donors (Lipinski definition) is 0. The van der Waals surface area contributed by atoms with E-state index in [1.165, 1.54) is 6.08 Å². The first-order valence-corrected chi connectivity index (χ1v) is 13.4. The van der Waals surface area contributed by atoms with Gasteiger partial charge in [0.1, 0.15) is 11.7 Å². The van der Waals surface area contributed by atoms with Crippen LogP contribution in [0.4, 0.5) is 0 Å². The highest BCUT2D eigenvalue weighted by molar-refractivity contribution is 9.10. The molecule has 4 atom stereocenters. The molecule has 6 heteroatoms. The summed E-state index contributed by atoms with van der Waals surface area (Å²) in [5.74, 6) is -0.898. The van der Waals surface area contributed by atoms with Gasteiger partial charge in [-0.05, 0) is 54.2 Å². The van der Waals surface area contributed by atoms with E-state index in [4.69, 9.17) is 14.2 Å². The number of carbonyl (C=O) groups is 2. The van der Waals surface area contributed by atoms with Gasteiger partial charge in [0.05, 0.1) is 19.3 Å². The fraction of sp³-hybridized carbons (Fsp3) is 0.290. The van der Waals surface area contributed by atoms with Crippen LogP contribution in [0.1, 0.15) is 37.3 Å². The largest absolute Gasteiger partial charge is 0.485 e. The zero-order chi connectivity index (χ0) is 26.0. The van der Waals surface area contributed by atoms with E-state index in [1.54, 1.807) is 6.92 Å². The Balaban J connectivity index is 1.58. The molecule has 1 heterocycles. The van der Waals surface area contributed by atoms with Crippen LogP contribution in [0, 0.1) is 11.8 Å². The van der Waals surface area contributed by atoms with Crippen LogP contribution >= 0.6 is 15.9 Å². The molecule has 0 bridgehead atoms. The zero-order valence-corrected chi connectivity index (χ0v) is 22.4. The number of halogens is 1. The van der Waals surface area contributed by atoms with Crippen molar-refractivity contribution in [3.63, 3.8) is 0 Å². The van der Waals surface area contributed by atoms with Crippen molar-refractivity contribution in [2.24, 2.45) is 11.8 Å². The molecule has 0 amide bonds. The molecule has 1 saturated heterocycles. The molecular formula is C31H29BrO5. The second-order valence-electron chi connectivity index (χ2n) is 9.32. The highest BCUT2D eigenvalue weighted by Gasteiger charge is 2.76. The van der Waals surface area contributed by atoms with Crippen LogP contribution in [0.2, 0.25) is 0 Å². The Bertz CT molecular complexity index is 1320. The first-order valence-electron chi connectivity index (χ1n) is 12.6. The van der Waals surface area contributed by atoms with E-state index >= 15 is 0 Å². The molecule has 0 radical (unpaired) electrons. The van der Waals surface area contributed by atoms with Crippen LogP contribution < -0.4 is 0 Å². The summed E-state index contributed by atoms with van der Waals surface area (Å²) in [5.41, 5.74) is 3.31. The summed E-state index contributed by atoms with van der Waals surface area (Å²) in [7, 11) is 0. The van der Waals surface area contributed by atoms with Crippen molar-refractivity contribution in [3.8, 4) is 11.1 Å². The van der Waals surface area contributed by atoms with Gasteiger partial charge in [0.2, 0.25) is 0 Å². The minimum Gasteiger partial charge on any atom is -0.485 e. The van der Waals surface area contributed by atoms with Gasteiger partial charge in [-0.2, -0.15) is 0 Å². The maximum atomic E-state index is 13.3. The number of allylic oxidation sites excluding steroid dienone is 1. The second kappa shape index (κ2) is 10.5. The summed E-state index contributed by atoms with van der Waals surface area (Å²) in [6.07, 6.45) is 1.91. The van der Waals surface area contributed by atoms with Crippen molar-refractivity contribution in [1.29, 1.82) is 0 Å². The van der Waals surface area contributed by atoms with Crippen LogP contribution in [0.15, 0.2) is 95.2 Å². The van der Waals surface area contributed by atoms with Crippen molar-refractivity contribution in [2.45, 2.75) is 31.8 Å². The summed E-state index contributed by atoms with van der Waals surface area (Å²) in [5, 5.41) is 0. The van der Waals surface area contributed by atoms with E-state index in [0.717, 1.165) is 26.7 Å². The molecule has 3 aromatic carbocycles. The molecular weight excluding hydrogens is 532 g/mol. The monoisotopic (exact) mass is 560 g/mol. The minimum atomic E-state index is -0.921. The molecule has 5 rings (SSSR count). The third kappa shape index (κ3) is 4.82. The number of ether oxygens (including phenoxy) is 3. The molecule has 2 fully saturated rings. The van der Waals surface area contributed by atoms with E-state index in [2.05, 4.69) is 52.3 Å². The lowest BCUT2D eigenvalue weighted by Gasteiger charge is -2.32. The SMILES string of the molecule is CCOC(=O)/C=C1\C[C@H](c2ccc(-c3ccccc3)cc2)[C@H]2[C@@H](C(=O)OCC)[C@@]2(c2cccc(Br)c2)O1. The Kier molecular flexibility index (Phi) is 7.20. The third-order valence-electron chi connectivity index (χ3n) is 7.19. The first-order chi connectivity index (χ1) is 18.0. The fourth-order valence-electron chi connectivity index (χ4n) is 5.65. The van der Waals surface area contributed by atoms with Gasteiger partial charge in [-0.3, -0.25) is 4.79 Å². The Morgan fingerprint density at radius 2 is 1.65 bits per heavy atom. The molecule has 1 aliphatic carbocycles. The van der Waals surface area contributed by atoms with Gasteiger partial charge in [0.25, 0.3) is 0 Å². The average molecular weight is 561 g/mol. The molecule has 0 aromatic heterocycles. The number of fused-ring (bicyclic) bond motifs is 1. The molecule has 3 aromatic rings. The third-order valence-corrected chi connectivity index (χ3v) is 7.68. The van der Waals surface area contributed by atoms with Gasteiger partial charge in [0.15, 0.2) is 5.60 Å². The molecule has 0 N–H and O–H groups in total. The minimum absolute atomic E-state index is 0.0485. The van der Waals surface area contributed by atoms with Crippen LogP contribution in [-0.2, 0) is 29.4 Å². The van der Waals surface area contributed by atoms with E-state index in [9.17, 15) is 9.59 Å². The Morgan fingerprint density at radius 1 is 0.946 bits per heavy atom. The summed E-state index contributed by atoms with van der Waals surface area (Å²) in [4.78, 5) is 25.7. The Morgan fingerprint density at radius 3 is 2.32 bits per heavy atom. The quantitative estimate of drug-likeness (QED) is 0.235. The van der Waals surface area contributed by atoms with Crippen LogP contribution in [0.5, 0.6) is 0 Å². The van der Waals surface area contributed by atoms with Crippen molar-refractivity contribution >= 4 is 27.9 Å². The average Bonchev–Trinajstić information content (AvgIpc) is 3.59. The maximum Gasteiger partial charge on any atom is 0.334 e. The van der Waals surface area contributed by atoms with Crippen LogP contribution in [-0.4, -0.2) is 25.2 Å². The number of benzene rings is 3. The Labute approximate surface area is 225 Å². The predicted molar refractivity (Wildman–Crippen MR) is 144 cm³/mol. The zero-order valence-electron chi connectivity index (χ0n) is 20.9. The normalized spacial score (nSPS) is 25.1. The van der Waals surface area contributed by atoms with E-state index in [1.807, 2.05) is 49.4 Å². The first kappa shape index (κ1) is 25.3. The Hall–Kier alpha value is -3.38. The highest BCUT2D eigenvalue weighted by Crippen LogP contribution is 2.71. The van der Waals surface area contributed by atoms with Gasteiger partial charge in [-0.15, -0.1) is 0 Å².